The normalized spacial score (nSPS) is 17.5. The average Bonchev–Trinajstić information content (AvgIpc) is 3.26. The highest BCUT2D eigenvalue weighted by atomic mass is 16.6. The van der Waals surface area contributed by atoms with Crippen LogP contribution in [0.3, 0.4) is 0 Å². The molecule has 4 N–H and O–H groups in total. The van der Waals surface area contributed by atoms with Crippen molar-refractivity contribution < 1.29 is 33.5 Å². The van der Waals surface area contributed by atoms with Crippen molar-refractivity contribution in [1.82, 2.24) is 26.2 Å². The van der Waals surface area contributed by atoms with Crippen molar-refractivity contribution >= 4 is 35.5 Å². The lowest BCUT2D eigenvalue weighted by molar-refractivity contribution is -0.144. The van der Waals surface area contributed by atoms with E-state index >= 15 is 0 Å². The van der Waals surface area contributed by atoms with E-state index in [4.69, 9.17) is 4.74 Å². The monoisotopic (exact) mass is 643 g/mol. The zero-order valence-electron chi connectivity index (χ0n) is 29.0. The summed E-state index contributed by atoms with van der Waals surface area (Å²) in [4.78, 5) is 80.2. The summed E-state index contributed by atoms with van der Waals surface area (Å²) in [6.07, 6.45) is -0.264. The molecule has 1 aromatic rings. The molecule has 2 rings (SSSR count). The zero-order chi connectivity index (χ0) is 35.0. The minimum atomic E-state index is -1.17. The van der Waals surface area contributed by atoms with E-state index in [9.17, 15) is 28.8 Å². The van der Waals surface area contributed by atoms with E-state index in [1.54, 1.807) is 41.5 Å². The van der Waals surface area contributed by atoms with Gasteiger partial charge in [-0.2, -0.15) is 0 Å². The molecule has 3 atom stereocenters. The number of carbonyl (C=O) groups is 6. The fourth-order valence-corrected chi connectivity index (χ4v) is 5.21. The van der Waals surface area contributed by atoms with Gasteiger partial charge in [-0.1, -0.05) is 78.8 Å². The fraction of sp³-hybridized carbons (Fsp3) is 0.647. The summed E-state index contributed by atoms with van der Waals surface area (Å²) >= 11 is 0. The van der Waals surface area contributed by atoms with Gasteiger partial charge in [0.2, 0.25) is 23.5 Å². The molecule has 3 unspecified atom stereocenters. The predicted molar refractivity (Wildman–Crippen MR) is 174 cm³/mol. The number of nitrogens with zero attached hydrogens (tertiary/aromatic N) is 1. The number of rotatable bonds is 12. The molecule has 12 nitrogen and oxygen atoms in total. The molecule has 46 heavy (non-hydrogen) atoms. The summed E-state index contributed by atoms with van der Waals surface area (Å²) < 4.78 is 5.40. The summed E-state index contributed by atoms with van der Waals surface area (Å²) in [5, 5.41) is 10.5. The van der Waals surface area contributed by atoms with Crippen molar-refractivity contribution in [3.63, 3.8) is 0 Å². The molecule has 1 fully saturated rings. The molecule has 0 aromatic heterocycles. The summed E-state index contributed by atoms with van der Waals surface area (Å²) in [6, 6.07) is 6.14. The molecular formula is C34H53N5O7. The summed E-state index contributed by atoms with van der Waals surface area (Å²) in [5.74, 6) is -3.42. The van der Waals surface area contributed by atoms with Gasteiger partial charge in [-0.3, -0.25) is 24.0 Å². The standard InChI is InChI=1S/C34H53N5O7/c1-21(2)16-23(26(41)29(43)36-19-25(40)35-18-22-14-12-11-13-15-22)37-28(42)24-17-34(9,10)20-39(24)30(44)27(32(3,4)5)38-31(45)46-33(6,7)8/h11-15,21,23-24,27H,16-20H2,1-10H3,(H,35,40)(H,36,43)(H,37,42)(H,38,45). The SMILES string of the molecule is CC(C)CC(NC(=O)C1CC(C)(C)CN1C(=O)C(NC(=O)OC(C)(C)C)C(C)(C)C)C(=O)C(=O)NCC(=O)NCc1ccccc1. The second-order valence-electron chi connectivity index (χ2n) is 15.3. The topological polar surface area (TPSA) is 163 Å². The molecule has 5 amide bonds. The number of amides is 5. The lowest BCUT2D eigenvalue weighted by atomic mass is 9.85. The summed E-state index contributed by atoms with van der Waals surface area (Å²) in [5.41, 5.74) is -1.05. The van der Waals surface area contributed by atoms with Crippen molar-refractivity contribution in [3.8, 4) is 0 Å². The first-order valence-corrected chi connectivity index (χ1v) is 15.8. The molecule has 0 bridgehead atoms. The number of ether oxygens (including phenoxy) is 1. The Balaban J connectivity index is 2.16. The average molecular weight is 644 g/mol. The van der Waals surface area contributed by atoms with E-state index in [2.05, 4.69) is 21.3 Å². The molecule has 256 valence electrons. The molecule has 0 saturated carbocycles. The Morgan fingerprint density at radius 2 is 1.54 bits per heavy atom. The van der Waals surface area contributed by atoms with Crippen LogP contribution in [-0.2, 0) is 35.3 Å². The first kappa shape index (κ1) is 38.2. The number of likely N-dealkylation sites (tertiary alicyclic amines) is 1. The molecule has 1 saturated heterocycles. The van der Waals surface area contributed by atoms with Gasteiger partial charge in [0.1, 0.15) is 17.7 Å². The van der Waals surface area contributed by atoms with Crippen LogP contribution in [0, 0.1) is 16.7 Å². The molecule has 12 heteroatoms. The number of carbonyl (C=O) groups excluding carboxylic acids is 6. The van der Waals surface area contributed by atoms with Crippen LogP contribution in [0.2, 0.25) is 0 Å². The highest BCUT2D eigenvalue weighted by Gasteiger charge is 2.48. The lowest BCUT2D eigenvalue weighted by Crippen LogP contribution is -2.59. The Kier molecular flexibility index (Phi) is 12.9. The Hall–Kier alpha value is -3.96. The Morgan fingerprint density at radius 3 is 2.09 bits per heavy atom. The number of ketones is 1. The van der Waals surface area contributed by atoms with Gasteiger partial charge in [0.05, 0.1) is 12.6 Å². The minimum absolute atomic E-state index is 0.0581. The highest BCUT2D eigenvalue weighted by molar-refractivity contribution is 6.38. The van der Waals surface area contributed by atoms with E-state index in [1.807, 2.05) is 58.0 Å². The van der Waals surface area contributed by atoms with E-state index in [0.717, 1.165) is 5.56 Å². The Morgan fingerprint density at radius 1 is 0.935 bits per heavy atom. The first-order chi connectivity index (χ1) is 21.1. The molecule has 0 radical (unpaired) electrons. The largest absolute Gasteiger partial charge is 0.444 e. The third-order valence-corrected chi connectivity index (χ3v) is 7.39. The minimum Gasteiger partial charge on any atom is -0.444 e. The zero-order valence-corrected chi connectivity index (χ0v) is 29.0. The van der Waals surface area contributed by atoms with Crippen LogP contribution >= 0.6 is 0 Å². The summed E-state index contributed by atoms with van der Waals surface area (Å²) in [6.45, 7) is 18.3. The van der Waals surface area contributed by atoms with Gasteiger partial charge in [0.25, 0.3) is 5.91 Å². The fourth-order valence-electron chi connectivity index (χ4n) is 5.21. The van der Waals surface area contributed by atoms with Crippen molar-refractivity contribution in [2.24, 2.45) is 16.7 Å². The van der Waals surface area contributed by atoms with Gasteiger partial charge in [-0.05, 0) is 55.9 Å². The quantitative estimate of drug-likeness (QED) is 0.254. The van der Waals surface area contributed by atoms with E-state index in [0.29, 0.717) is 6.42 Å². The van der Waals surface area contributed by atoms with Crippen LogP contribution in [0.25, 0.3) is 0 Å². The number of benzene rings is 1. The third kappa shape index (κ3) is 12.1. The van der Waals surface area contributed by atoms with E-state index in [1.165, 1.54) is 4.90 Å². The number of alkyl carbamates (subject to hydrolysis) is 1. The van der Waals surface area contributed by atoms with Crippen LogP contribution < -0.4 is 21.3 Å². The van der Waals surface area contributed by atoms with Crippen molar-refractivity contribution in [1.29, 1.82) is 0 Å². The van der Waals surface area contributed by atoms with Crippen molar-refractivity contribution in [2.75, 3.05) is 13.1 Å². The van der Waals surface area contributed by atoms with E-state index < -0.39 is 76.6 Å². The van der Waals surface area contributed by atoms with Crippen LogP contribution in [0.1, 0.15) is 87.6 Å². The molecular weight excluding hydrogens is 590 g/mol. The maximum Gasteiger partial charge on any atom is 0.408 e. The third-order valence-electron chi connectivity index (χ3n) is 7.39. The number of Topliss-reactive ketones (excluding diaryl/α,β-unsaturated/α-hetero) is 1. The number of nitrogens with one attached hydrogen (secondary N) is 4. The van der Waals surface area contributed by atoms with Crippen molar-refractivity contribution in [3.05, 3.63) is 35.9 Å². The van der Waals surface area contributed by atoms with Crippen LogP contribution in [0.5, 0.6) is 0 Å². The maximum atomic E-state index is 14.0. The van der Waals surface area contributed by atoms with Gasteiger partial charge in [0, 0.05) is 13.1 Å². The number of hydrogen-bond donors (Lipinski definition) is 4. The first-order valence-electron chi connectivity index (χ1n) is 15.8. The Bertz CT molecular complexity index is 1260. The van der Waals surface area contributed by atoms with Gasteiger partial charge < -0.3 is 30.9 Å². The van der Waals surface area contributed by atoms with Crippen LogP contribution in [0.4, 0.5) is 4.79 Å². The molecule has 0 spiro atoms. The molecule has 1 heterocycles. The molecule has 1 aromatic carbocycles. The molecule has 1 aliphatic rings. The smallest absolute Gasteiger partial charge is 0.408 e. The van der Waals surface area contributed by atoms with Gasteiger partial charge >= 0.3 is 6.09 Å². The number of hydrogen-bond acceptors (Lipinski definition) is 7. The second kappa shape index (κ2) is 15.6. The summed E-state index contributed by atoms with van der Waals surface area (Å²) in [7, 11) is 0. The molecule has 1 aliphatic heterocycles. The van der Waals surface area contributed by atoms with Gasteiger partial charge in [-0.15, -0.1) is 0 Å². The van der Waals surface area contributed by atoms with Gasteiger partial charge in [-0.25, -0.2) is 4.79 Å². The second-order valence-corrected chi connectivity index (χ2v) is 15.3. The van der Waals surface area contributed by atoms with Crippen molar-refractivity contribution in [2.45, 2.75) is 112 Å². The maximum absolute atomic E-state index is 14.0. The Labute approximate surface area is 273 Å². The van der Waals surface area contributed by atoms with Crippen LogP contribution in [-0.4, -0.2) is 77.2 Å². The van der Waals surface area contributed by atoms with Gasteiger partial charge in [0.15, 0.2) is 0 Å². The lowest BCUT2D eigenvalue weighted by Gasteiger charge is -2.36. The molecule has 0 aliphatic carbocycles. The highest BCUT2D eigenvalue weighted by Crippen LogP contribution is 2.36. The predicted octanol–water partition coefficient (Wildman–Crippen LogP) is 3.09. The van der Waals surface area contributed by atoms with Crippen LogP contribution in [0.15, 0.2) is 30.3 Å². The van der Waals surface area contributed by atoms with E-state index in [-0.39, 0.29) is 25.4 Å².